The zero-order valence-electron chi connectivity index (χ0n) is 24.7. The SMILES string of the molecule is CC#CCC(C/C=C\NC(=O)C(NC(=O)\C=C/C=C\C(C)=C\CC(C/C=C(\C)OC)OC=O)C(C)(C)C)OC. The summed E-state index contributed by atoms with van der Waals surface area (Å²) in [7, 11) is 3.22. The molecule has 0 saturated carbocycles. The highest BCUT2D eigenvalue weighted by Gasteiger charge is 2.31. The number of allylic oxidation sites excluding steroid dienone is 5. The van der Waals surface area contributed by atoms with Gasteiger partial charge in [-0.15, -0.1) is 11.8 Å². The molecule has 0 aromatic carbocycles. The number of hydrogen-bond acceptors (Lipinski definition) is 6. The maximum absolute atomic E-state index is 12.8. The molecule has 0 saturated heterocycles. The lowest BCUT2D eigenvalue weighted by Crippen LogP contribution is -2.52. The highest BCUT2D eigenvalue weighted by molar-refractivity contribution is 5.93. The average molecular weight is 543 g/mol. The maximum atomic E-state index is 12.8. The summed E-state index contributed by atoms with van der Waals surface area (Å²) in [5.41, 5.74) is 0.447. The van der Waals surface area contributed by atoms with Crippen LogP contribution in [0.5, 0.6) is 0 Å². The minimum absolute atomic E-state index is 0.0474. The van der Waals surface area contributed by atoms with Crippen molar-refractivity contribution in [3.8, 4) is 11.8 Å². The van der Waals surface area contributed by atoms with E-state index in [0.29, 0.717) is 32.2 Å². The summed E-state index contributed by atoms with van der Waals surface area (Å²) < 4.78 is 15.6. The van der Waals surface area contributed by atoms with Crippen molar-refractivity contribution in [3.63, 3.8) is 0 Å². The molecular weight excluding hydrogens is 496 g/mol. The van der Waals surface area contributed by atoms with Gasteiger partial charge in [0.1, 0.15) is 12.1 Å². The first kappa shape index (κ1) is 35.4. The molecule has 0 rings (SSSR count). The van der Waals surface area contributed by atoms with Gasteiger partial charge in [0.25, 0.3) is 6.47 Å². The van der Waals surface area contributed by atoms with E-state index in [9.17, 15) is 14.4 Å². The molecule has 0 aromatic rings. The molecule has 0 spiro atoms. The summed E-state index contributed by atoms with van der Waals surface area (Å²) >= 11 is 0. The number of ether oxygens (including phenoxy) is 3. The van der Waals surface area contributed by atoms with Crippen molar-refractivity contribution < 1.29 is 28.6 Å². The predicted molar refractivity (Wildman–Crippen MR) is 155 cm³/mol. The Balaban J connectivity index is 4.98. The second-order valence-corrected chi connectivity index (χ2v) is 9.95. The third-order valence-electron chi connectivity index (χ3n) is 5.66. The zero-order chi connectivity index (χ0) is 29.7. The van der Waals surface area contributed by atoms with Crippen LogP contribution in [0.4, 0.5) is 0 Å². The maximum Gasteiger partial charge on any atom is 0.293 e. The van der Waals surface area contributed by atoms with Gasteiger partial charge in [-0.3, -0.25) is 14.4 Å². The predicted octanol–water partition coefficient (Wildman–Crippen LogP) is 4.90. The van der Waals surface area contributed by atoms with E-state index in [4.69, 9.17) is 14.2 Å². The second kappa shape index (κ2) is 20.4. The molecule has 0 aliphatic rings. The highest BCUT2D eigenvalue weighted by atomic mass is 16.5. The smallest absolute Gasteiger partial charge is 0.293 e. The summed E-state index contributed by atoms with van der Waals surface area (Å²) in [6.45, 7) is 11.6. The molecule has 2 amide bonds. The standard InChI is InChI=1S/C31H46N2O6/c1-9-10-15-26(38-8)16-13-22-32-30(36)29(31(4,5)6)33-28(35)17-12-11-14-24(2)18-20-27(39-23-34)21-19-25(3)37-7/h11-14,17-19,22-23,26-27,29H,15-16,20-21H2,1-8H3,(H,32,36)(H,33,35)/b14-11-,17-12-,22-13-,24-18+,25-19+. The molecule has 0 radical (unpaired) electrons. The number of nitrogens with one attached hydrogen (secondary N) is 2. The third-order valence-corrected chi connectivity index (χ3v) is 5.66. The van der Waals surface area contributed by atoms with Crippen molar-refractivity contribution in [1.29, 1.82) is 0 Å². The van der Waals surface area contributed by atoms with Gasteiger partial charge in [-0.2, -0.15) is 0 Å². The Morgan fingerprint density at radius 2 is 1.64 bits per heavy atom. The minimum atomic E-state index is -0.736. The van der Waals surface area contributed by atoms with Gasteiger partial charge in [0.05, 0.1) is 19.0 Å². The van der Waals surface area contributed by atoms with Crippen molar-refractivity contribution in [2.75, 3.05) is 14.2 Å². The van der Waals surface area contributed by atoms with E-state index >= 15 is 0 Å². The Bertz CT molecular complexity index is 973. The Morgan fingerprint density at radius 1 is 0.974 bits per heavy atom. The van der Waals surface area contributed by atoms with Crippen LogP contribution < -0.4 is 10.6 Å². The molecule has 8 nitrogen and oxygen atoms in total. The lowest BCUT2D eigenvalue weighted by Gasteiger charge is -2.29. The van der Waals surface area contributed by atoms with Gasteiger partial charge < -0.3 is 24.8 Å². The molecule has 0 aliphatic heterocycles. The Labute approximate surface area is 234 Å². The first-order valence-corrected chi connectivity index (χ1v) is 13.0. The van der Waals surface area contributed by atoms with Gasteiger partial charge in [-0.1, -0.05) is 56.7 Å². The van der Waals surface area contributed by atoms with Crippen molar-refractivity contribution in [2.24, 2.45) is 5.41 Å². The number of hydrogen-bond donors (Lipinski definition) is 2. The Hall–Kier alpha value is -3.57. The van der Waals surface area contributed by atoms with Gasteiger partial charge in [-0.05, 0) is 44.9 Å². The molecule has 39 heavy (non-hydrogen) atoms. The fourth-order valence-electron chi connectivity index (χ4n) is 3.19. The molecule has 8 heteroatoms. The quantitative estimate of drug-likeness (QED) is 0.0891. The molecule has 0 heterocycles. The molecule has 3 atom stereocenters. The van der Waals surface area contributed by atoms with Crippen LogP contribution in [0.2, 0.25) is 0 Å². The number of carbonyl (C=O) groups is 3. The zero-order valence-corrected chi connectivity index (χ0v) is 24.7. The lowest BCUT2D eigenvalue weighted by atomic mass is 9.86. The van der Waals surface area contributed by atoms with Crippen molar-refractivity contribution >= 4 is 18.3 Å². The fraction of sp³-hybridized carbons (Fsp3) is 0.516. The van der Waals surface area contributed by atoms with Crippen LogP contribution in [0.1, 0.15) is 67.2 Å². The first-order valence-electron chi connectivity index (χ1n) is 13.0. The third kappa shape index (κ3) is 17.5. The molecule has 3 unspecified atom stereocenters. The van der Waals surface area contributed by atoms with E-state index in [-0.39, 0.29) is 24.0 Å². The average Bonchev–Trinajstić information content (AvgIpc) is 2.89. The van der Waals surface area contributed by atoms with Crippen molar-refractivity contribution in [3.05, 3.63) is 60.1 Å². The number of amides is 2. The Kier molecular flexibility index (Phi) is 18.5. The van der Waals surface area contributed by atoms with Crippen molar-refractivity contribution in [2.45, 2.75) is 85.5 Å². The van der Waals surface area contributed by atoms with Crippen LogP contribution in [0.25, 0.3) is 0 Å². The van der Waals surface area contributed by atoms with Gasteiger partial charge in [0.15, 0.2) is 0 Å². The second-order valence-electron chi connectivity index (χ2n) is 9.95. The van der Waals surface area contributed by atoms with Crippen LogP contribution in [0.3, 0.4) is 0 Å². The van der Waals surface area contributed by atoms with Crippen molar-refractivity contribution in [1.82, 2.24) is 10.6 Å². The van der Waals surface area contributed by atoms with E-state index in [1.165, 1.54) is 6.08 Å². The molecule has 2 N–H and O–H groups in total. The molecule has 0 bridgehead atoms. The summed E-state index contributed by atoms with van der Waals surface area (Å²) in [6.07, 6.45) is 15.8. The lowest BCUT2D eigenvalue weighted by molar-refractivity contribution is -0.133. The topological polar surface area (TPSA) is 103 Å². The summed E-state index contributed by atoms with van der Waals surface area (Å²) in [5, 5.41) is 5.54. The molecule has 0 aliphatic carbocycles. The van der Waals surface area contributed by atoms with Gasteiger partial charge >= 0.3 is 0 Å². The normalized spacial score (nSPS) is 15.0. The molecule has 0 aromatic heterocycles. The van der Waals surface area contributed by atoms with E-state index < -0.39 is 11.5 Å². The highest BCUT2D eigenvalue weighted by Crippen LogP contribution is 2.19. The van der Waals surface area contributed by atoms with Crippen LogP contribution in [0.15, 0.2) is 60.1 Å². The van der Waals surface area contributed by atoms with Gasteiger partial charge in [-0.25, -0.2) is 0 Å². The monoisotopic (exact) mass is 542 g/mol. The summed E-state index contributed by atoms with van der Waals surface area (Å²) in [6, 6.07) is -0.736. The number of methoxy groups -OCH3 is 2. The van der Waals surface area contributed by atoms with Gasteiger partial charge in [0.2, 0.25) is 11.8 Å². The first-order chi connectivity index (χ1) is 18.5. The van der Waals surface area contributed by atoms with E-state index in [0.717, 1.165) is 11.3 Å². The van der Waals surface area contributed by atoms with Crippen LogP contribution in [0, 0.1) is 17.3 Å². The number of rotatable bonds is 17. The van der Waals surface area contributed by atoms with E-state index in [1.54, 1.807) is 39.5 Å². The Morgan fingerprint density at radius 3 is 2.23 bits per heavy atom. The summed E-state index contributed by atoms with van der Waals surface area (Å²) in [5.74, 6) is 5.90. The summed E-state index contributed by atoms with van der Waals surface area (Å²) in [4.78, 5) is 36.1. The molecule has 216 valence electrons. The largest absolute Gasteiger partial charge is 0.502 e. The van der Waals surface area contributed by atoms with Gasteiger partial charge in [0, 0.05) is 32.4 Å². The van der Waals surface area contributed by atoms with Crippen LogP contribution >= 0.6 is 0 Å². The van der Waals surface area contributed by atoms with E-state index in [2.05, 4.69) is 22.5 Å². The fourth-order valence-corrected chi connectivity index (χ4v) is 3.19. The van der Waals surface area contributed by atoms with Crippen LogP contribution in [-0.4, -0.2) is 50.8 Å². The minimum Gasteiger partial charge on any atom is -0.502 e. The molecular formula is C31H46N2O6. The number of carbonyl (C=O) groups excluding carboxylic acids is 3. The molecule has 0 fully saturated rings. The van der Waals surface area contributed by atoms with E-state index in [1.807, 2.05) is 58.9 Å². The van der Waals surface area contributed by atoms with Crippen LogP contribution in [-0.2, 0) is 28.6 Å².